The van der Waals surface area contributed by atoms with Crippen molar-refractivity contribution in [1.82, 2.24) is 0 Å². The van der Waals surface area contributed by atoms with Gasteiger partial charge in [0.1, 0.15) is 5.75 Å². The fourth-order valence-electron chi connectivity index (χ4n) is 1.16. The number of hydrogen-bond acceptors (Lipinski definition) is 2. The van der Waals surface area contributed by atoms with Crippen LogP contribution >= 0.6 is 15.9 Å². The Bertz CT molecular complexity index is 377. The number of aliphatic hydroxyl groups excluding tert-OH is 1. The van der Waals surface area contributed by atoms with Crippen molar-refractivity contribution < 1.29 is 9.84 Å². The van der Waals surface area contributed by atoms with Crippen LogP contribution in [0.2, 0.25) is 0 Å². The first-order valence-corrected chi connectivity index (χ1v) is 5.76. The molecule has 1 rings (SSSR count). The summed E-state index contributed by atoms with van der Waals surface area (Å²) in [6, 6.07) is 5.50. The minimum absolute atomic E-state index is 0.0249. The Kier molecular flexibility index (Phi) is 5.23. The molecule has 0 aliphatic heterocycles. The van der Waals surface area contributed by atoms with Crippen molar-refractivity contribution in [3.63, 3.8) is 0 Å². The number of aliphatic hydroxyl groups is 1. The predicted molar refractivity (Wildman–Crippen MR) is 64.2 cm³/mol. The third-order valence-electron chi connectivity index (χ3n) is 1.89. The van der Waals surface area contributed by atoms with Crippen molar-refractivity contribution >= 4 is 15.9 Å². The highest BCUT2D eigenvalue weighted by atomic mass is 79.9. The van der Waals surface area contributed by atoms with Gasteiger partial charge in [0.2, 0.25) is 0 Å². The highest BCUT2D eigenvalue weighted by molar-refractivity contribution is 9.09. The number of alkyl halides is 1. The Morgan fingerprint density at radius 2 is 2.27 bits per heavy atom. The van der Waals surface area contributed by atoms with Crippen LogP contribution < -0.4 is 4.74 Å². The highest BCUT2D eigenvalue weighted by Gasteiger charge is 2.00. The zero-order valence-corrected chi connectivity index (χ0v) is 10.2. The Morgan fingerprint density at radius 1 is 1.47 bits per heavy atom. The van der Waals surface area contributed by atoms with E-state index in [-0.39, 0.29) is 6.61 Å². The average molecular weight is 269 g/mol. The molecule has 1 aromatic carbocycles. The van der Waals surface area contributed by atoms with Gasteiger partial charge in [-0.05, 0) is 17.7 Å². The molecule has 3 heteroatoms. The van der Waals surface area contributed by atoms with Gasteiger partial charge in [-0.2, -0.15) is 0 Å². The third-order valence-corrected chi connectivity index (χ3v) is 2.29. The van der Waals surface area contributed by atoms with E-state index in [0.717, 1.165) is 28.6 Å². The van der Waals surface area contributed by atoms with Gasteiger partial charge in [0.25, 0.3) is 0 Å². The standard InChI is InChI=1S/C12H13BrO2/c1-15-12-6-5-10(9-14)8-11(12)4-2-3-7-13/h5-6,8,14H,3,7,9H2,1H3. The molecule has 1 N–H and O–H groups in total. The monoisotopic (exact) mass is 268 g/mol. The van der Waals surface area contributed by atoms with Crippen molar-refractivity contribution in [3.8, 4) is 17.6 Å². The molecule has 0 radical (unpaired) electrons. The van der Waals surface area contributed by atoms with Crippen molar-refractivity contribution in [1.29, 1.82) is 0 Å². The van der Waals surface area contributed by atoms with Crippen LogP contribution in [0.15, 0.2) is 18.2 Å². The van der Waals surface area contributed by atoms with E-state index in [1.807, 2.05) is 18.2 Å². The van der Waals surface area contributed by atoms with Gasteiger partial charge < -0.3 is 9.84 Å². The lowest BCUT2D eigenvalue weighted by Crippen LogP contribution is -1.91. The van der Waals surface area contributed by atoms with Gasteiger partial charge in [0.15, 0.2) is 0 Å². The van der Waals surface area contributed by atoms with Crippen molar-refractivity contribution in [2.45, 2.75) is 13.0 Å². The molecule has 0 amide bonds. The minimum Gasteiger partial charge on any atom is -0.495 e. The first-order chi connectivity index (χ1) is 7.31. The summed E-state index contributed by atoms with van der Waals surface area (Å²) in [7, 11) is 1.61. The predicted octanol–water partition coefficient (Wildman–Crippen LogP) is 2.32. The first-order valence-electron chi connectivity index (χ1n) is 4.64. The van der Waals surface area contributed by atoms with Crippen LogP contribution in [0.3, 0.4) is 0 Å². The molecular formula is C12H13BrO2. The van der Waals surface area contributed by atoms with E-state index in [1.165, 1.54) is 0 Å². The molecule has 0 atom stereocenters. The molecule has 0 aliphatic rings. The lowest BCUT2D eigenvalue weighted by molar-refractivity contribution is 0.281. The zero-order valence-electron chi connectivity index (χ0n) is 8.59. The van der Waals surface area contributed by atoms with E-state index < -0.39 is 0 Å². The van der Waals surface area contributed by atoms with Crippen LogP contribution in [0, 0.1) is 11.8 Å². The molecule has 2 nitrogen and oxygen atoms in total. The van der Waals surface area contributed by atoms with Gasteiger partial charge in [-0.3, -0.25) is 0 Å². The lowest BCUT2D eigenvalue weighted by Gasteiger charge is -2.04. The number of ether oxygens (including phenoxy) is 1. The van der Waals surface area contributed by atoms with Gasteiger partial charge in [0, 0.05) is 11.8 Å². The maximum atomic E-state index is 9.00. The lowest BCUT2D eigenvalue weighted by atomic mass is 10.1. The number of benzene rings is 1. The molecule has 15 heavy (non-hydrogen) atoms. The van der Waals surface area contributed by atoms with E-state index in [4.69, 9.17) is 9.84 Å². The molecule has 0 aromatic heterocycles. The molecule has 0 spiro atoms. The number of rotatable bonds is 3. The molecule has 0 bridgehead atoms. The fourth-order valence-corrected chi connectivity index (χ4v) is 1.35. The normalized spacial score (nSPS) is 9.27. The smallest absolute Gasteiger partial charge is 0.134 e. The largest absolute Gasteiger partial charge is 0.495 e. The summed E-state index contributed by atoms with van der Waals surface area (Å²) in [5.74, 6) is 6.79. The van der Waals surface area contributed by atoms with E-state index in [9.17, 15) is 0 Å². The summed E-state index contributed by atoms with van der Waals surface area (Å²) >= 11 is 3.31. The quantitative estimate of drug-likeness (QED) is 0.674. The van der Waals surface area contributed by atoms with E-state index in [2.05, 4.69) is 27.8 Å². The summed E-state index contributed by atoms with van der Waals surface area (Å²) in [4.78, 5) is 0. The summed E-state index contributed by atoms with van der Waals surface area (Å²) in [5.41, 5.74) is 1.67. The Morgan fingerprint density at radius 3 is 2.87 bits per heavy atom. The van der Waals surface area contributed by atoms with Crippen LogP contribution in [-0.2, 0) is 6.61 Å². The van der Waals surface area contributed by atoms with Crippen molar-refractivity contribution in [3.05, 3.63) is 29.3 Å². The molecule has 0 aliphatic carbocycles. The molecule has 80 valence electrons. The Balaban J connectivity index is 2.97. The Hall–Kier alpha value is -0.980. The van der Waals surface area contributed by atoms with E-state index in [0.29, 0.717) is 0 Å². The van der Waals surface area contributed by atoms with Gasteiger partial charge in [-0.25, -0.2) is 0 Å². The molecular weight excluding hydrogens is 256 g/mol. The zero-order chi connectivity index (χ0) is 11.1. The summed E-state index contributed by atoms with van der Waals surface area (Å²) in [6.45, 7) is 0.0249. The summed E-state index contributed by atoms with van der Waals surface area (Å²) < 4.78 is 5.18. The van der Waals surface area contributed by atoms with Crippen LogP contribution in [0.25, 0.3) is 0 Å². The number of halogens is 1. The van der Waals surface area contributed by atoms with E-state index in [1.54, 1.807) is 7.11 Å². The molecule has 0 saturated carbocycles. The van der Waals surface area contributed by atoms with Crippen LogP contribution in [-0.4, -0.2) is 17.5 Å². The molecule has 0 unspecified atom stereocenters. The SMILES string of the molecule is COc1ccc(CO)cc1C#CCCBr. The molecule has 0 fully saturated rings. The Labute approximate surface area is 98.4 Å². The molecule has 0 heterocycles. The third kappa shape index (κ3) is 3.58. The second-order valence-electron chi connectivity index (χ2n) is 2.93. The second-order valence-corrected chi connectivity index (χ2v) is 3.73. The van der Waals surface area contributed by atoms with Gasteiger partial charge >= 0.3 is 0 Å². The topological polar surface area (TPSA) is 29.5 Å². The maximum absolute atomic E-state index is 9.00. The first kappa shape index (κ1) is 12.1. The summed E-state index contributed by atoms with van der Waals surface area (Å²) in [5, 5.41) is 9.86. The van der Waals surface area contributed by atoms with Crippen molar-refractivity contribution in [2.24, 2.45) is 0 Å². The molecule has 1 aromatic rings. The number of methoxy groups -OCH3 is 1. The average Bonchev–Trinajstić information content (AvgIpc) is 2.29. The summed E-state index contributed by atoms with van der Waals surface area (Å²) in [6.07, 6.45) is 0.798. The van der Waals surface area contributed by atoms with Gasteiger partial charge in [-0.1, -0.05) is 33.8 Å². The number of hydrogen-bond donors (Lipinski definition) is 1. The van der Waals surface area contributed by atoms with E-state index >= 15 is 0 Å². The van der Waals surface area contributed by atoms with Gasteiger partial charge in [0.05, 0.1) is 19.3 Å². The van der Waals surface area contributed by atoms with Gasteiger partial charge in [-0.15, -0.1) is 0 Å². The minimum atomic E-state index is 0.0249. The highest BCUT2D eigenvalue weighted by Crippen LogP contribution is 2.18. The maximum Gasteiger partial charge on any atom is 0.134 e. The van der Waals surface area contributed by atoms with Crippen molar-refractivity contribution in [2.75, 3.05) is 12.4 Å². The second kappa shape index (κ2) is 6.49. The van der Waals surface area contributed by atoms with Crippen LogP contribution in [0.5, 0.6) is 5.75 Å². The van der Waals surface area contributed by atoms with Crippen LogP contribution in [0.4, 0.5) is 0 Å². The molecule has 0 saturated heterocycles. The fraction of sp³-hybridized carbons (Fsp3) is 0.333. The van der Waals surface area contributed by atoms with Crippen LogP contribution in [0.1, 0.15) is 17.5 Å².